The summed E-state index contributed by atoms with van der Waals surface area (Å²) in [5.74, 6) is 1.26. The average Bonchev–Trinajstić information content (AvgIpc) is 2.98. The van der Waals surface area contributed by atoms with Crippen molar-refractivity contribution in [2.45, 2.75) is 6.42 Å². The number of nitrogens with zero attached hydrogens (tertiary/aromatic N) is 6. The van der Waals surface area contributed by atoms with E-state index in [0.717, 1.165) is 18.8 Å². The van der Waals surface area contributed by atoms with Crippen LogP contribution in [0.4, 0.5) is 5.82 Å². The molecule has 0 atom stereocenters. The smallest absolute Gasteiger partial charge is 0.255 e. The molecule has 19 heavy (non-hydrogen) atoms. The summed E-state index contributed by atoms with van der Waals surface area (Å²) in [6.45, 7) is 0.751. The highest BCUT2D eigenvalue weighted by molar-refractivity contribution is 6.29. The second-order valence-corrected chi connectivity index (χ2v) is 4.52. The predicted molar refractivity (Wildman–Crippen MR) is 71.2 cm³/mol. The zero-order valence-corrected chi connectivity index (χ0v) is 11.0. The van der Waals surface area contributed by atoms with E-state index in [9.17, 15) is 0 Å². The van der Waals surface area contributed by atoms with Crippen LogP contribution in [-0.4, -0.2) is 35.9 Å². The Morgan fingerprint density at radius 2 is 2.26 bits per heavy atom. The van der Waals surface area contributed by atoms with Crippen molar-refractivity contribution in [2.75, 3.05) is 11.9 Å². The van der Waals surface area contributed by atoms with Crippen molar-refractivity contribution >= 4 is 23.2 Å². The zero-order valence-electron chi connectivity index (χ0n) is 10.3. The van der Waals surface area contributed by atoms with Gasteiger partial charge in [0, 0.05) is 25.9 Å². The van der Waals surface area contributed by atoms with Crippen LogP contribution in [0.25, 0.3) is 5.78 Å². The summed E-state index contributed by atoms with van der Waals surface area (Å²) in [5, 5.41) is 11.9. The molecule has 7 nitrogen and oxygen atoms in total. The van der Waals surface area contributed by atoms with Gasteiger partial charge < -0.3 is 5.32 Å². The third kappa shape index (κ3) is 2.50. The topological polar surface area (TPSA) is 72.9 Å². The van der Waals surface area contributed by atoms with Crippen molar-refractivity contribution in [2.24, 2.45) is 7.05 Å². The fourth-order valence-electron chi connectivity index (χ4n) is 1.85. The van der Waals surface area contributed by atoms with Gasteiger partial charge in [-0.2, -0.15) is 24.7 Å². The number of fused-ring (bicyclic) bond motifs is 1. The molecule has 0 aliphatic heterocycles. The molecule has 0 spiro atoms. The Morgan fingerprint density at radius 3 is 3.05 bits per heavy atom. The van der Waals surface area contributed by atoms with Gasteiger partial charge in [-0.05, 0) is 12.0 Å². The summed E-state index contributed by atoms with van der Waals surface area (Å²) in [6.07, 6.45) is 6.16. The molecule has 0 aliphatic carbocycles. The largest absolute Gasteiger partial charge is 0.369 e. The Labute approximate surface area is 114 Å². The third-order valence-corrected chi connectivity index (χ3v) is 2.89. The van der Waals surface area contributed by atoms with E-state index in [4.69, 9.17) is 11.6 Å². The van der Waals surface area contributed by atoms with Gasteiger partial charge in [0.15, 0.2) is 0 Å². The van der Waals surface area contributed by atoms with Gasteiger partial charge in [-0.3, -0.25) is 4.68 Å². The summed E-state index contributed by atoms with van der Waals surface area (Å²) in [4.78, 5) is 8.08. The minimum Gasteiger partial charge on any atom is -0.369 e. The van der Waals surface area contributed by atoms with Crippen LogP contribution in [-0.2, 0) is 13.5 Å². The lowest BCUT2D eigenvalue weighted by atomic mass is 10.2. The maximum atomic E-state index is 5.93. The lowest BCUT2D eigenvalue weighted by Crippen LogP contribution is -2.09. The van der Waals surface area contributed by atoms with Crippen molar-refractivity contribution in [1.29, 1.82) is 0 Å². The van der Waals surface area contributed by atoms with Gasteiger partial charge in [-0.1, -0.05) is 11.6 Å². The summed E-state index contributed by atoms with van der Waals surface area (Å²) in [6, 6.07) is 1.73. The summed E-state index contributed by atoms with van der Waals surface area (Å²) in [5.41, 5.74) is 1.17. The lowest BCUT2D eigenvalue weighted by Gasteiger charge is -2.07. The average molecular weight is 278 g/mol. The molecule has 0 amide bonds. The van der Waals surface area contributed by atoms with E-state index in [1.807, 2.05) is 19.4 Å². The Morgan fingerprint density at radius 1 is 1.37 bits per heavy atom. The van der Waals surface area contributed by atoms with Gasteiger partial charge in [-0.25, -0.2) is 0 Å². The maximum Gasteiger partial charge on any atom is 0.255 e. The highest BCUT2D eigenvalue weighted by Crippen LogP contribution is 2.14. The Balaban J connectivity index is 1.73. The molecule has 98 valence electrons. The zero-order chi connectivity index (χ0) is 13.2. The predicted octanol–water partition coefficient (Wildman–Crippen LogP) is 1.17. The Kier molecular flexibility index (Phi) is 3.04. The quantitative estimate of drug-likeness (QED) is 0.725. The molecule has 3 aromatic rings. The molecular weight excluding hydrogens is 266 g/mol. The fraction of sp³-hybridized carbons (Fsp3) is 0.273. The molecule has 0 aromatic carbocycles. The first kappa shape index (κ1) is 11.9. The normalized spacial score (nSPS) is 11.1. The summed E-state index contributed by atoms with van der Waals surface area (Å²) < 4.78 is 3.41. The first-order valence-corrected chi connectivity index (χ1v) is 6.18. The molecule has 0 saturated carbocycles. The minimum absolute atomic E-state index is 0.393. The van der Waals surface area contributed by atoms with Crippen LogP contribution in [0.15, 0.2) is 24.8 Å². The minimum atomic E-state index is 0.393. The van der Waals surface area contributed by atoms with Crippen molar-refractivity contribution < 1.29 is 0 Å². The van der Waals surface area contributed by atoms with Gasteiger partial charge in [0.1, 0.15) is 17.3 Å². The SMILES string of the molecule is Cn1cc(CCNc2cc(Cl)nc3ncnn23)cn1. The van der Waals surface area contributed by atoms with Crippen LogP contribution >= 0.6 is 11.6 Å². The van der Waals surface area contributed by atoms with Gasteiger partial charge in [0.2, 0.25) is 0 Å². The van der Waals surface area contributed by atoms with Crippen LogP contribution in [0.2, 0.25) is 5.15 Å². The lowest BCUT2D eigenvalue weighted by molar-refractivity contribution is 0.766. The standard InChI is InChI=1S/C11H12ClN7/c1-18-6-8(5-15-18)2-3-13-10-4-9(12)17-11-14-7-16-19(10)11/h4-7,13H,2-3H2,1H3. The molecule has 3 aromatic heterocycles. The van der Waals surface area contributed by atoms with Gasteiger partial charge in [0.25, 0.3) is 5.78 Å². The van der Waals surface area contributed by atoms with Crippen LogP contribution in [0, 0.1) is 0 Å². The molecule has 3 rings (SSSR count). The molecule has 0 bridgehead atoms. The van der Waals surface area contributed by atoms with Gasteiger partial charge in [-0.15, -0.1) is 0 Å². The first-order chi connectivity index (χ1) is 9.22. The number of halogens is 1. The highest BCUT2D eigenvalue weighted by atomic mass is 35.5. The van der Waals surface area contributed by atoms with Crippen molar-refractivity contribution in [1.82, 2.24) is 29.4 Å². The number of hydrogen-bond donors (Lipinski definition) is 1. The molecule has 0 aliphatic rings. The number of hydrogen-bond acceptors (Lipinski definition) is 5. The van der Waals surface area contributed by atoms with E-state index in [0.29, 0.717) is 10.9 Å². The molecule has 3 heterocycles. The van der Waals surface area contributed by atoms with E-state index in [1.165, 1.54) is 11.9 Å². The second kappa shape index (κ2) is 4.85. The molecule has 8 heteroatoms. The van der Waals surface area contributed by atoms with Crippen LogP contribution in [0.5, 0.6) is 0 Å². The molecule has 0 saturated heterocycles. The van der Waals surface area contributed by atoms with Crippen LogP contribution in [0.1, 0.15) is 5.56 Å². The molecule has 1 N–H and O–H groups in total. The third-order valence-electron chi connectivity index (χ3n) is 2.70. The number of aromatic nitrogens is 6. The van der Waals surface area contributed by atoms with Crippen LogP contribution in [0.3, 0.4) is 0 Å². The van der Waals surface area contributed by atoms with E-state index in [-0.39, 0.29) is 0 Å². The fourth-order valence-corrected chi connectivity index (χ4v) is 2.02. The summed E-state index contributed by atoms with van der Waals surface area (Å²) >= 11 is 5.93. The van der Waals surface area contributed by atoms with Crippen molar-refractivity contribution in [3.63, 3.8) is 0 Å². The molecule has 0 radical (unpaired) electrons. The van der Waals surface area contributed by atoms with Crippen molar-refractivity contribution in [3.05, 3.63) is 35.5 Å². The molecule has 0 fully saturated rings. The van der Waals surface area contributed by atoms with E-state index in [1.54, 1.807) is 15.3 Å². The van der Waals surface area contributed by atoms with Gasteiger partial charge in [0.05, 0.1) is 6.20 Å². The molecular formula is C11H12ClN7. The first-order valence-electron chi connectivity index (χ1n) is 5.80. The Bertz CT molecular complexity index is 702. The Hall–Kier alpha value is -2.15. The van der Waals surface area contributed by atoms with Gasteiger partial charge >= 0.3 is 0 Å². The number of anilines is 1. The van der Waals surface area contributed by atoms with Crippen molar-refractivity contribution in [3.8, 4) is 0 Å². The van der Waals surface area contributed by atoms with E-state index < -0.39 is 0 Å². The van der Waals surface area contributed by atoms with E-state index >= 15 is 0 Å². The van der Waals surface area contributed by atoms with Crippen LogP contribution < -0.4 is 5.32 Å². The number of nitrogens with one attached hydrogen (secondary N) is 1. The second-order valence-electron chi connectivity index (χ2n) is 4.13. The van der Waals surface area contributed by atoms with E-state index in [2.05, 4.69) is 25.5 Å². The number of rotatable bonds is 4. The highest BCUT2D eigenvalue weighted by Gasteiger charge is 2.06. The monoisotopic (exact) mass is 277 g/mol. The maximum absolute atomic E-state index is 5.93. The number of aryl methyl sites for hydroxylation is 1. The summed E-state index contributed by atoms with van der Waals surface area (Å²) in [7, 11) is 1.90. The molecule has 0 unspecified atom stereocenters.